The van der Waals surface area contributed by atoms with E-state index in [1.54, 1.807) is 29.9 Å². The molecule has 8 nitrogen and oxygen atoms in total. The fourth-order valence-electron chi connectivity index (χ4n) is 3.47. The Balaban J connectivity index is 1.87. The highest BCUT2D eigenvalue weighted by molar-refractivity contribution is 6.02. The number of nitrogens with one attached hydrogen (secondary N) is 1. The Morgan fingerprint density at radius 2 is 1.94 bits per heavy atom. The molecule has 0 amide bonds. The van der Waals surface area contributed by atoms with Gasteiger partial charge in [-0.15, -0.1) is 10.2 Å². The summed E-state index contributed by atoms with van der Waals surface area (Å²) in [5, 5.41) is 18.9. The van der Waals surface area contributed by atoms with E-state index < -0.39 is 11.7 Å². The molecule has 0 saturated carbocycles. The standard InChI is InChI=1S/C23H28F2N8/c1-3-5-13-33-20(29-22(31-33)23(24,25)12-4-2)14-16-10-11-19(28-15-16)17-8-6-7-9-18(17)21(26)30-32-27/h6-11,15H,3-5,12-14H2,1-2H3,(H3,26,27,30). The zero-order valence-corrected chi connectivity index (χ0v) is 18.8. The summed E-state index contributed by atoms with van der Waals surface area (Å²) in [7, 11) is 0. The number of nitrogens with two attached hydrogens (primary N) is 1. The van der Waals surface area contributed by atoms with Gasteiger partial charge in [-0.1, -0.05) is 55.8 Å². The zero-order chi connectivity index (χ0) is 23.8. The first-order valence-corrected chi connectivity index (χ1v) is 11.0. The molecule has 3 aromatic rings. The van der Waals surface area contributed by atoms with E-state index in [0.717, 1.165) is 18.4 Å². The number of nitrogens with zero attached hydrogens (tertiary/aromatic N) is 6. The van der Waals surface area contributed by atoms with Crippen LogP contribution in [0.5, 0.6) is 0 Å². The summed E-state index contributed by atoms with van der Waals surface area (Å²) in [5.41, 5.74) is 2.74. The molecule has 0 radical (unpaired) electrons. The molecular formula is C23H28F2N8. The van der Waals surface area contributed by atoms with E-state index >= 15 is 0 Å². The van der Waals surface area contributed by atoms with Gasteiger partial charge in [-0.3, -0.25) is 10.4 Å². The van der Waals surface area contributed by atoms with Crippen molar-refractivity contribution >= 4 is 5.84 Å². The van der Waals surface area contributed by atoms with Crippen LogP contribution in [0.15, 0.2) is 52.9 Å². The Hall–Kier alpha value is -3.56. The second-order valence-corrected chi connectivity index (χ2v) is 7.72. The van der Waals surface area contributed by atoms with E-state index in [-0.39, 0.29) is 12.3 Å². The second-order valence-electron chi connectivity index (χ2n) is 7.72. The van der Waals surface area contributed by atoms with Crippen molar-refractivity contribution in [2.24, 2.45) is 16.2 Å². The van der Waals surface area contributed by atoms with Gasteiger partial charge in [0.1, 0.15) is 5.82 Å². The van der Waals surface area contributed by atoms with Crippen molar-refractivity contribution in [2.45, 2.75) is 58.4 Å². The van der Waals surface area contributed by atoms with Gasteiger partial charge >= 0.3 is 5.92 Å². The lowest BCUT2D eigenvalue weighted by Crippen LogP contribution is -2.15. The molecule has 0 aliphatic heterocycles. The molecule has 2 aromatic heterocycles. The van der Waals surface area contributed by atoms with Crippen LogP contribution in [0.3, 0.4) is 0 Å². The summed E-state index contributed by atoms with van der Waals surface area (Å²) in [6.07, 6.45) is 3.85. The normalized spacial score (nSPS) is 11.9. The fourth-order valence-corrected chi connectivity index (χ4v) is 3.47. The largest absolute Gasteiger partial charge is 0.308 e. The Bertz CT molecular complexity index is 1110. The zero-order valence-electron chi connectivity index (χ0n) is 18.8. The first-order chi connectivity index (χ1) is 15.9. The van der Waals surface area contributed by atoms with Crippen LogP contribution in [0, 0.1) is 5.41 Å². The third-order valence-corrected chi connectivity index (χ3v) is 5.17. The van der Waals surface area contributed by atoms with E-state index in [4.69, 9.17) is 11.3 Å². The van der Waals surface area contributed by atoms with Crippen LogP contribution in [-0.4, -0.2) is 25.6 Å². The molecule has 0 spiro atoms. The van der Waals surface area contributed by atoms with Gasteiger partial charge in [0.15, 0.2) is 5.84 Å². The maximum absolute atomic E-state index is 14.4. The van der Waals surface area contributed by atoms with Gasteiger partial charge in [-0.05, 0) is 24.5 Å². The lowest BCUT2D eigenvalue weighted by molar-refractivity contribution is -0.0232. The highest BCUT2D eigenvalue weighted by Crippen LogP contribution is 2.31. The maximum atomic E-state index is 14.4. The van der Waals surface area contributed by atoms with Gasteiger partial charge in [0.2, 0.25) is 5.82 Å². The predicted octanol–water partition coefficient (Wildman–Crippen LogP) is 5.27. The lowest BCUT2D eigenvalue weighted by atomic mass is 10.0. The Kier molecular flexibility index (Phi) is 7.92. The van der Waals surface area contributed by atoms with Crippen LogP contribution < -0.4 is 5.84 Å². The Labute approximate surface area is 191 Å². The van der Waals surface area contributed by atoms with Gasteiger partial charge in [-0.2, -0.15) is 8.78 Å². The first-order valence-electron chi connectivity index (χ1n) is 11.0. The molecule has 0 fully saturated rings. The quantitative estimate of drug-likeness (QED) is 0.142. The molecule has 2 heterocycles. The van der Waals surface area contributed by atoms with Crippen molar-refractivity contribution < 1.29 is 8.78 Å². The van der Waals surface area contributed by atoms with Crippen LogP contribution in [0.25, 0.3) is 11.3 Å². The molecule has 0 unspecified atom stereocenters. The minimum atomic E-state index is -3.04. The molecule has 174 valence electrons. The minimum absolute atomic E-state index is 0.0662. The Morgan fingerprint density at radius 1 is 1.15 bits per heavy atom. The van der Waals surface area contributed by atoms with Crippen molar-refractivity contribution in [2.75, 3.05) is 0 Å². The molecule has 0 atom stereocenters. The summed E-state index contributed by atoms with van der Waals surface area (Å²) < 4.78 is 30.4. The van der Waals surface area contributed by atoms with Crippen LogP contribution in [0.1, 0.15) is 62.3 Å². The van der Waals surface area contributed by atoms with Crippen LogP contribution in [0.4, 0.5) is 8.78 Å². The molecule has 33 heavy (non-hydrogen) atoms. The topological polar surface area (TPSA) is 118 Å². The van der Waals surface area contributed by atoms with E-state index in [0.29, 0.717) is 42.0 Å². The summed E-state index contributed by atoms with van der Waals surface area (Å²) in [4.78, 5) is 8.72. The monoisotopic (exact) mass is 454 g/mol. The molecule has 0 bridgehead atoms. The summed E-state index contributed by atoms with van der Waals surface area (Å²) in [5.74, 6) is 2.05. The number of aromatic nitrogens is 4. The number of unbranched alkanes of at least 4 members (excludes halogenated alkanes) is 1. The minimum Gasteiger partial charge on any atom is -0.305 e. The number of benzene rings is 1. The van der Waals surface area contributed by atoms with Crippen LogP contribution >= 0.6 is 0 Å². The van der Waals surface area contributed by atoms with Gasteiger partial charge in [0, 0.05) is 36.7 Å². The second kappa shape index (κ2) is 10.8. The summed E-state index contributed by atoms with van der Waals surface area (Å²) in [6, 6.07) is 10.9. The molecule has 1 aromatic carbocycles. The number of aryl methyl sites for hydroxylation is 1. The van der Waals surface area contributed by atoms with Crippen LogP contribution in [-0.2, 0) is 18.9 Å². The van der Waals surface area contributed by atoms with E-state index in [1.165, 1.54) is 0 Å². The van der Waals surface area contributed by atoms with Gasteiger partial charge in [0.05, 0.1) is 5.69 Å². The van der Waals surface area contributed by atoms with Crippen molar-refractivity contribution in [1.29, 1.82) is 5.41 Å². The SMILES string of the molecule is CCCCn1nc(C(F)(F)CCC)nc1Cc1ccc(-c2ccccc2C(=N)N=NN)nc1. The van der Waals surface area contributed by atoms with Crippen molar-refractivity contribution in [3.8, 4) is 11.3 Å². The molecule has 0 aliphatic carbocycles. The van der Waals surface area contributed by atoms with Gasteiger partial charge in [-0.25, -0.2) is 9.67 Å². The fraction of sp³-hybridized carbons (Fsp3) is 0.391. The van der Waals surface area contributed by atoms with Crippen molar-refractivity contribution in [3.05, 3.63) is 65.4 Å². The molecule has 3 N–H and O–H groups in total. The highest BCUT2D eigenvalue weighted by Gasteiger charge is 2.36. The molecule has 0 aliphatic rings. The highest BCUT2D eigenvalue weighted by atomic mass is 19.3. The van der Waals surface area contributed by atoms with Gasteiger partial charge in [0.25, 0.3) is 0 Å². The summed E-state index contributed by atoms with van der Waals surface area (Å²) in [6.45, 7) is 4.30. The average molecular weight is 455 g/mol. The third-order valence-electron chi connectivity index (χ3n) is 5.17. The number of alkyl halides is 2. The molecular weight excluding hydrogens is 426 g/mol. The smallest absolute Gasteiger partial charge is 0.305 e. The number of rotatable bonds is 10. The number of amidine groups is 1. The van der Waals surface area contributed by atoms with Crippen molar-refractivity contribution in [1.82, 2.24) is 19.7 Å². The van der Waals surface area contributed by atoms with Crippen molar-refractivity contribution in [3.63, 3.8) is 0 Å². The number of pyridine rings is 1. The number of hydrogen-bond donors (Lipinski definition) is 2. The maximum Gasteiger partial charge on any atom is 0.308 e. The predicted molar refractivity (Wildman–Crippen MR) is 122 cm³/mol. The molecule has 0 saturated heterocycles. The molecule has 3 rings (SSSR count). The van der Waals surface area contributed by atoms with Crippen LogP contribution in [0.2, 0.25) is 0 Å². The Morgan fingerprint density at radius 3 is 2.61 bits per heavy atom. The van der Waals surface area contributed by atoms with E-state index in [2.05, 4.69) is 25.4 Å². The van der Waals surface area contributed by atoms with Gasteiger partial charge < -0.3 is 5.84 Å². The molecule has 10 heteroatoms. The number of hydrogen-bond acceptors (Lipinski definition) is 5. The summed E-state index contributed by atoms with van der Waals surface area (Å²) >= 11 is 0. The van der Waals surface area contributed by atoms with E-state index in [9.17, 15) is 8.78 Å². The average Bonchev–Trinajstić information content (AvgIpc) is 3.22. The van der Waals surface area contributed by atoms with E-state index in [1.807, 2.05) is 31.2 Å². The first kappa shape index (κ1) is 24.1. The third kappa shape index (κ3) is 5.82. The number of halogens is 2. The lowest BCUT2D eigenvalue weighted by Gasteiger charge is -2.10.